The zero-order valence-corrected chi connectivity index (χ0v) is 10.3. The SMILES string of the molecule is Cc1nc(CC(CO)(CO)C(C)C)cs1. The van der Waals surface area contributed by atoms with E-state index in [0.717, 1.165) is 10.7 Å². The van der Waals surface area contributed by atoms with E-state index in [4.69, 9.17) is 0 Å². The van der Waals surface area contributed by atoms with Crippen LogP contribution in [0.15, 0.2) is 5.38 Å². The van der Waals surface area contributed by atoms with Gasteiger partial charge in [0.25, 0.3) is 0 Å². The second-order valence-corrected chi connectivity index (χ2v) is 5.43. The number of hydrogen-bond acceptors (Lipinski definition) is 4. The second-order valence-electron chi connectivity index (χ2n) is 4.37. The molecule has 0 aromatic carbocycles. The van der Waals surface area contributed by atoms with E-state index in [1.165, 1.54) is 0 Å². The summed E-state index contributed by atoms with van der Waals surface area (Å²) in [6.45, 7) is 6.00. The van der Waals surface area contributed by atoms with E-state index < -0.39 is 5.41 Å². The quantitative estimate of drug-likeness (QED) is 0.806. The summed E-state index contributed by atoms with van der Waals surface area (Å²) >= 11 is 1.60. The van der Waals surface area contributed by atoms with E-state index in [-0.39, 0.29) is 19.1 Å². The number of aliphatic hydroxyl groups excluding tert-OH is 2. The Morgan fingerprint density at radius 2 is 2.00 bits per heavy atom. The molecule has 1 aromatic heterocycles. The molecule has 0 aliphatic heterocycles. The van der Waals surface area contributed by atoms with Crippen molar-refractivity contribution in [1.82, 2.24) is 4.98 Å². The number of aliphatic hydroxyl groups is 2. The third-order valence-corrected chi connectivity index (χ3v) is 3.88. The maximum atomic E-state index is 9.43. The van der Waals surface area contributed by atoms with Gasteiger partial charge in [0.05, 0.1) is 23.9 Å². The lowest BCUT2D eigenvalue weighted by molar-refractivity contribution is 0.0156. The van der Waals surface area contributed by atoms with Gasteiger partial charge in [-0.05, 0) is 12.8 Å². The largest absolute Gasteiger partial charge is 0.396 e. The van der Waals surface area contributed by atoms with E-state index in [9.17, 15) is 10.2 Å². The predicted octanol–water partition coefficient (Wildman–Crippen LogP) is 1.62. The fourth-order valence-electron chi connectivity index (χ4n) is 1.58. The molecule has 0 saturated heterocycles. The first kappa shape index (κ1) is 12.6. The molecule has 1 heterocycles. The smallest absolute Gasteiger partial charge is 0.0897 e. The van der Waals surface area contributed by atoms with Gasteiger partial charge < -0.3 is 10.2 Å². The summed E-state index contributed by atoms with van der Waals surface area (Å²) in [4.78, 5) is 4.37. The molecule has 1 rings (SSSR count). The Morgan fingerprint density at radius 1 is 1.40 bits per heavy atom. The molecule has 0 saturated carbocycles. The molecule has 86 valence electrons. The Bertz CT molecular complexity index is 305. The molecule has 0 aliphatic rings. The van der Waals surface area contributed by atoms with Gasteiger partial charge in [-0.1, -0.05) is 13.8 Å². The Labute approximate surface area is 94.8 Å². The van der Waals surface area contributed by atoms with Crippen molar-refractivity contribution >= 4 is 11.3 Å². The molecule has 1 aromatic rings. The van der Waals surface area contributed by atoms with Crippen LogP contribution in [0.4, 0.5) is 0 Å². The molecular weight excluding hydrogens is 210 g/mol. The Kier molecular flexibility index (Phi) is 4.25. The molecule has 3 nitrogen and oxygen atoms in total. The van der Waals surface area contributed by atoms with Gasteiger partial charge in [0.1, 0.15) is 0 Å². The summed E-state index contributed by atoms with van der Waals surface area (Å²) in [6.07, 6.45) is 0.641. The molecule has 0 radical (unpaired) electrons. The van der Waals surface area contributed by atoms with Crippen LogP contribution in [-0.4, -0.2) is 28.4 Å². The van der Waals surface area contributed by atoms with Crippen molar-refractivity contribution in [3.8, 4) is 0 Å². The molecule has 15 heavy (non-hydrogen) atoms. The molecule has 0 unspecified atom stereocenters. The summed E-state index contributed by atoms with van der Waals surface area (Å²) in [5, 5.41) is 21.9. The fraction of sp³-hybridized carbons (Fsp3) is 0.727. The van der Waals surface area contributed by atoms with E-state index in [1.54, 1.807) is 11.3 Å². The first-order chi connectivity index (χ1) is 7.04. The van der Waals surface area contributed by atoms with E-state index >= 15 is 0 Å². The van der Waals surface area contributed by atoms with Crippen molar-refractivity contribution in [2.24, 2.45) is 11.3 Å². The van der Waals surface area contributed by atoms with E-state index in [0.29, 0.717) is 6.42 Å². The van der Waals surface area contributed by atoms with E-state index in [1.807, 2.05) is 26.2 Å². The zero-order chi connectivity index (χ0) is 11.5. The average molecular weight is 229 g/mol. The minimum Gasteiger partial charge on any atom is -0.396 e. The van der Waals surface area contributed by atoms with Gasteiger partial charge in [0, 0.05) is 17.2 Å². The van der Waals surface area contributed by atoms with Crippen molar-refractivity contribution in [2.75, 3.05) is 13.2 Å². The van der Waals surface area contributed by atoms with Crippen molar-refractivity contribution in [2.45, 2.75) is 27.2 Å². The van der Waals surface area contributed by atoms with Crippen molar-refractivity contribution in [1.29, 1.82) is 0 Å². The van der Waals surface area contributed by atoms with E-state index in [2.05, 4.69) is 4.98 Å². The normalized spacial score (nSPS) is 12.4. The maximum Gasteiger partial charge on any atom is 0.0897 e. The maximum absolute atomic E-state index is 9.43. The second kappa shape index (κ2) is 5.05. The Balaban J connectivity index is 2.83. The summed E-state index contributed by atoms with van der Waals surface area (Å²) < 4.78 is 0. The van der Waals surface area contributed by atoms with Gasteiger partial charge in [-0.2, -0.15) is 0 Å². The lowest BCUT2D eigenvalue weighted by Crippen LogP contribution is -2.37. The third-order valence-electron chi connectivity index (χ3n) is 3.05. The first-order valence-electron chi connectivity index (χ1n) is 5.17. The molecule has 2 N–H and O–H groups in total. The number of nitrogens with zero attached hydrogens (tertiary/aromatic N) is 1. The molecule has 0 spiro atoms. The molecule has 4 heteroatoms. The number of hydrogen-bond donors (Lipinski definition) is 2. The zero-order valence-electron chi connectivity index (χ0n) is 9.53. The summed E-state index contributed by atoms with van der Waals surface area (Å²) in [6, 6.07) is 0. The number of rotatable bonds is 5. The first-order valence-corrected chi connectivity index (χ1v) is 6.05. The van der Waals surface area contributed by atoms with Crippen LogP contribution >= 0.6 is 11.3 Å². The van der Waals surface area contributed by atoms with Crippen LogP contribution in [0.5, 0.6) is 0 Å². The van der Waals surface area contributed by atoms with Gasteiger partial charge in [-0.15, -0.1) is 11.3 Å². The van der Waals surface area contributed by atoms with Crippen LogP contribution in [0.3, 0.4) is 0 Å². The lowest BCUT2D eigenvalue weighted by Gasteiger charge is -2.33. The van der Waals surface area contributed by atoms with Crippen molar-refractivity contribution < 1.29 is 10.2 Å². The highest BCUT2D eigenvalue weighted by atomic mass is 32.1. The fourth-order valence-corrected chi connectivity index (χ4v) is 2.19. The van der Waals surface area contributed by atoms with Crippen LogP contribution in [0.1, 0.15) is 24.5 Å². The molecule has 0 amide bonds. The van der Waals surface area contributed by atoms with Crippen LogP contribution in [0.25, 0.3) is 0 Å². The van der Waals surface area contributed by atoms with Gasteiger partial charge in [0.15, 0.2) is 0 Å². The Hall–Kier alpha value is -0.450. The standard InChI is InChI=1S/C11H19NO2S/c1-8(2)11(6-13,7-14)4-10-5-15-9(3)12-10/h5,8,13-14H,4,6-7H2,1-3H3. The lowest BCUT2D eigenvalue weighted by atomic mass is 9.75. The van der Waals surface area contributed by atoms with Crippen LogP contribution in [0.2, 0.25) is 0 Å². The highest BCUT2D eigenvalue weighted by Crippen LogP contribution is 2.31. The number of thiazole rings is 1. The highest BCUT2D eigenvalue weighted by Gasteiger charge is 2.33. The topological polar surface area (TPSA) is 53.4 Å². The third kappa shape index (κ3) is 2.77. The number of aromatic nitrogens is 1. The molecule has 0 bridgehead atoms. The summed E-state index contributed by atoms with van der Waals surface area (Å²) in [7, 11) is 0. The Morgan fingerprint density at radius 3 is 2.33 bits per heavy atom. The molecule has 0 atom stereocenters. The highest BCUT2D eigenvalue weighted by molar-refractivity contribution is 7.09. The minimum absolute atomic E-state index is 0.00224. The molecule has 0 aliphatic carbocycles. The van der Waals surface area contributed by atoms with Crippen molar-refractivity contribution in [3.63, 3.8) is 0 Å². The molecular formula is C11H19NO2S. The number of aryl methyl sites for hydroxylation is 1. The van der Waals surface area contributed by atoms with Gasteiger partial charge in [0.2, 0.25) is 0 Å². The molecule has 0 fully saturated rings. The summed E-state index contributed by atoms with van der Waals surface area (Å²) in [5.74, 6) is 0.231. The van der Waals surface area contributed by atoms with Crippen LogP contribution < -0.4 is 0 Å². The minimum atomic E-state index is -0.444. The average Bonchev–Trinajstić information content (AvgIpc) is 2.60. The van der Waals surface area contributed by atoms with Gasteiger partial charge in [-0.3, -0.25) is 0 Å². The van der Waals surface area contributed by atoms with Crippen LogP contribution in [-0.2, 0) is 6.42 Å². The van der Waals surface area contributed by atoms with Gasteiger partial charge >= 0.3 is 0 Å². The predicted molar refractivity (Wildman–Crippen MR) is 62.0 cm³/mol. The van der Waals surface area contributed by atoms with Gasteiger partial charge in [-0.25, -0.2) is 4.98 Å². The van der Waals surface area contributed by atoms with Crippen molar-refractivity contribution in [3.05, 3.63) is 16.1 Å². The monoisotopic (exact) mass is 229 g/mol. The summed E-state index contributed by atoms with van der Waals surface area (Å²) in [5.41, 5.74) is 0.523. The van der Waals surface area contributed by atoms with Crippen LogP contribution in [0, 0.1) is 18.3 Å².